The first-order valence-electron chi connectivity index (χ1n) is 10.3. The van der Waals surface area contributed by atoms with Crippen LogP contribution in [0.2, 0.25) is 0 Å². The van der Waals surface area contributed by atoms with E-state index in [2.05, 4.69) is 31.2 Å². The molecule has 32 heavy (non-hydrogen) atoms. The maximum absolute atomic E-state index is 14.1. The molecule has 4 aromatic rings. The molecule has 2 aromatic heterocycles. The standard InChI is InChI=1S/C23H20BrF2N5O/c1-13-16(17-9-15(24)5-6-19(17)27-13)10-22(32)30-8-7-14(11-30)20-12-31(29-28-20)21-4-2-3-18(25)23(21)26/h2-6,9,12,14,27H,7-8,10-11H2,1H3. The number of H-pyrrole nitrogens is 1. The summed E-state index contributed by atoms with van der Waals surface area (Å²) in [6.07, 6.45) is 2.67. The van der Waals surface area contributed by atoms with Crippen LogP contribution in [-0.4, -0.2) is 43.9 Å². The molecule has 0 bridgehead atoms. The molecule has 1 fully saturated rings. The number of carbonyl (C=O) groups excluding carboxylic acids is 1. The second-order valence-corrected chi connectivity index (χ2v) is 9.00. The second-order valence-electron chi connectivity index (χ2n) is 8.08. The summed E-state index contributed by atoms with van der Waals surface area (Å²) in [6, 6.07) is 9.93. The van der Waals surface area contributed by atoms with Crippen LogP contribution in [0.5, 0.6) is 0 Å². The van der Waals surface area contributed by atoms with Crippen molar-refractivity contribution in [3.05, 3.63) is 75.7 Å². The number of nitrogens with one attached hydrogen (secondary N) is 1. The van der Waals surface area contributed by atoms with E-state index in [4.69, 9.17) is 0 Å². The molecule has 0 spiro atoms. The van der Waals surface area contributed by atoms with Gasteiger partial charge in [0.25, 0.3) is 0 Å². The summed E-state index contributed by atoms with van der Waals surface area (Å²) in [4.78, 5) is 18.2. The normalized spacial score (nSPS) is 16.2. The molecule has 0 saturated carbocycles. The SMILES string of the molecule is Cc1[nH]c2ccc(Br)cc2c1CC(=O)N1CCC(c2cn(-c3cccc(F)c3F)nn2)C1. The fourth-order valence-electron chi connectivity index (χ4n) is 4.32. The third kappa shape index (κ3) is 3.70. The van der Waals surface area contributed by atoms with Crippen LogP contribution in [0.1, 0.15) is 29.3 Å². The summed E-state index contributed by atoms with van der Waals surface area (Å²) in [5, 5.41) is 9.16. The zero-order valence-electron chi connectivity index (χ0n) is 17.3. The Labute approximate surface area is 191 Å². The molecule has 164 valence electrons. The van der Waals surface area contributed by atoms with Gasteiger partial charge < -0.3 is 9.88 Å². The molecule has 0 radical (unpaired) electrons. The highest BCUT2D eigenvalue weighted by molar-refractivity contribution is 9.10. The van der Waals surface area contributed by atoms with E-state index in [1.165, 1.54) is 16.8 Å². The van der Waals surface area contributed by atoms with E-state index in [-0.39, 0.29) is 17.5 Å². The van der Waals surface area contributed by atoms with Crippen LogP contribution >= 0.6 is 15.9 Å². The topological polar surface area (TPSA) is 66.8 Å². The van der Waals surface area contributed by atoms with Gasteiger partial charge in [-0.25, -0.2) is 13.5 Å². The summed E-state index contributed by atoms with van der Waals surface area (Å²) in [5.74, 6) is -1.84. The van der Waals surface area contributed by atoms with Gasteiger partial charge in [0.1, 0.15) is 5.69 Å². The first-order chi connectivity index (χ1) is 15.4. The highest BCUT2D eigenvalue weighted by atomic mass is 79.9. The molecular formula is C23H20BrF2N5O. The van der Waals surface area contributed by atoms with Gasteiger partial charge in [-0.05, 0) is 49.2 Å². The molecule has 1 unspecified atom stereocenters. The number of fused-ring (bicyclic) bond motifs is 1. The van der Waals surface area contributed by atoms with E-state index >= 15 is 0 Å². The summed E-state index contributed by atoms with van der Waals surface area (Å²) in [5.41, 5.74) is 3.67. The fourth-order valence-corrected chi connectivity index (χ4v) is 4.69. The molecule has 9 heteroatoms. The molecule has 1 N–H and O–H groups in total. The van der Waals surface area contributed by atoms with E-state index < -0.39 is 11.6 Å². The Bertz CT molecular complexity index is 1330. The number of aromatic nitrogens is 4. The van der Waals surface area contributed by atoms with Gasteiger partial charge in [0, 0.05) is 40.1 Å². The molecule has 2 aromatic carbocycles. The lowest BCUT2D eigenvalue weighted by Gasteiger charge is -2.16. The number of benzene rings is 2. The van der Waals surface area contributed by atoms with Crippen molar-refractivity contribution < 1.29 is 13.6 Å². The number of rotatable bonds is 4. The average Bonchev–Trinajstić information content (AvgIpc) is 3.50. The Hall–Kier alpha value is -3.07. The average molecular weight is 500 g/mol. The van der Waals surface area contributed by atoms with Gasteiger partial charge in [0.05, 0.1) is 18.3 Å². The molecule has 1 amide bonds. The van der Waals surface area contributed by atoms with E-state index in [1.807, 2.05) is 30.0 Å². The van der Waals surface area contributed by atoms with Crippen LogP contribution in [-0.2, 0) is 11.2 Å². The van der Waals surface area contributed by atoms with E-state index in [9.17, 15) is 13.6 Å². The van der Waals surface area contributed by atoms with Gasteiger partial charge in [0.2, 0.25) is 5.91 Å². The molecule has 3 heterocycles. The van der Waals surface area contributed by atoms with E-state index in [0.29, 0.717) is 25.2 Å². The lowest BCUT2D eigenvalue weighted by atomic mass is 10.1. The lowest BCUT2D eigenvalue weighted by Crippen LogP contribution is -2.30. The van der Waals surface area contributed by atoms with Crippen LogP contribution in [0, 0.1) is 18.6 Å². The van der Waals surface area contributed by atoms with Gasteiger partial charge in [-0.1, -0.05) is 27.2 Å². The van der Waals surface area contributed by atoms with Gasteiger partial charge in [-0.3, -0.25) is 4.79 Å². The highest BCUT2D eigenvalue weighted by Gasteiger charge is 2.30. The molecule has 1 aliphatic rings. The highest BCUT2D eigenvalue weighted by Crippen LogP contribution is 2.29. The third-order valence-electron chi connectivity index (χ3n) is 6.06. The third-order valence-corrected chi connectivity index (χ3v) is 6.55. The maximum Gasteiger partial charge on any atom is 0.227 e. The Kier molecular flexibility index (Phi) is 5.28. The van der Waals surface area contributed by atoms with E-state index in [0.717, 1.165) is 39.1 Å². The number of amides is 1. The molecule has 0 aliphatic carbocycles. The van der Waals surface area contributed by atoms with Crippen molar-refractivity contribution >= 4 is 32.7 Å². The second kappa shape index (κ2) is 8.12. The predicted molar refractivity (Wildman–Crippen MR) is 120 cm³/mol. The van der Waals surface area contributed by atoms with Gasteiger partial charge >= 0.3 is 0 Å². The molecule has 1 aliphatic heterocycles. The number of nitrogens with zero attached hydrogens (tertiary/aromatic N) is 4. The largest absolute Gasteiger partial charge is 0.358 e. The van der Waals surface area contributed by atoms with Crippen molar-refractivity contribution in [2.75, 3.05) is 13.1 Å². The van der Waals surface area contributed by atoms with Gasteiger partial charge in [-0.2, -0.15) is 0 Å². The Morgan fingerprint density at radius 1 is 1.28 bits per heavy atom. The quantitative estimate of drug-likeness (QED) is 0.444. The van der Waals surface area contributed by atoms with Crippen LogP contribution < -0.4 is 0 Å². The van der Waals surface area contributed by atoms with Crippen LogP contribution in [0.15, 0.2) is 47.1 Å². The minimum atomic E-state index is -0.965. The number of hydrogen-bond donors (Lipinski definition) is 1. The van der Waals surface area contributed by atoms with Gasteiger partial charge in [0.15, 0.2) is 11.6 Å². The van der Waals surface area contributed by atoms with Crippen molar-refractivity contribution in [2.24, 2.45) is 0 Å². The maximum atomic E-state index is 14.1. The number of likely N-dealkylation sites (tertiary alicyclic amines) is 1. The fraction of sp³-hybridized carbons (Fsp3) is 0.261. The lowest BCUT2D eigenvalue weighted by molar-refractivity contribution is -0.129. The monoisotopic (exact) mass is 499 g/mol. The summed E-state index contributed by atoms with van der Waals surface area (Å²) < 4.78 is 29.8. The summed E-state index contributed by atoms with van der Waals surface area (Å²) in [6.45, 7) is 3.12. The predicted octanol–water partition coefficient (Wildman–Crippen LogP) is 4.66. The Morgan fingerprint density at radius 2 is 2.12 bits per heavy atom. The molecule has 1 atom stereocenters. The van der Waals surface area contributed by atoms with Crippen molar-refractivity contribution in [1.82, 2.24) is 24.9 Å². The Balaban J connectivity index is 1.31. The number of aromatic amines is 1. The minimum Gasteiger partial charge on any atom is -0.358 e. The van der Waals surface area contributed by atoms with Crippen LogP contribution in [0.3, 0.4) is 0 Å². The van der Waals surface area contributed by atoms with Crippen LogP contribution in [0.4, 0.5) is 8.78 Å². The zero-order valence-corrected chi connectivity index (χ0v) is 18.9. The molecule has 5 rings (SSSR count). The van der Waals surface area contributed by atoms with Gasteiger partial charge in [-0.15, -0.1) is 5.10 Å². The van der Waals surface area contributed by atoms with Crippen LogP contribution in [0.25, 0.3) is 16.6 Å². The molecular weight excluding hydrogens is 480 g/mol. The number of halogens is 3. The van der Waals surface area contributed by atoms with Crippen molar-refractivity contribution in [2.45, 2.75) is 25.7 Å². The minimum absolute atomic E-state index is 0.00234. The van der Waals surface area contributed by atoms with E-state index in [1.54, 1.807) is 6.20 Å². The first kappa shape index (κ1) is 20.8. The summed E-state index contributed by atoms with van der Waals surface area (Å²) >= 11 is 3.50. The first-order valence-corrected chi connectivity index (χ1v) is 11.1. The summed E-state index contributed by atoms with van der Waals surface area (Å²) in [7, 11) is 0. The van der Waals surface area contributed by atoms with Crippen molar-refractivity contribution in [3.8, 4) is 5.69 Å². The number of aryl methyl sites for hydroxylation is 1. The number of hydrogen-bond acceptors (Lipinski definition) is 3. The number of carbonyl (C=O) groups is 1. The molecule has 1 saturated heterocycles. The van der Waals surface area contributed by atoms with Crippen molar-refractivity contribution in [1.29, 1.82) is 0 Å². The Morgan fingerprint density at radius 3 is 2.97 bits per heavy atom. The zero-order chi connectivity index (χ0) is 22.4. The smallest absolute Gasteiger partial charge is 0.227 e. The molecule has 6 nitrogen and oxygen atoms in total. The van der Waals surface area contributed by atoms with Crippen molar-refractivity contribution in [3.63, 3.8) is 0 Å².